The van der Waals surface area contributed by atoms with Gasteiger partial charge in [0.2, 0.25) is 17.7 Å². The molecule has 12 heteroatoms. The number of aliphatic hydroxyl groups excluding tert-OH is 1. The second-order valence-electron chi connectivity index (χ2n) is 8.76. The first-order valence-corrected chi connectivity index (χ1v) is 12.2. The van der Waals surface area contributed by atoms with Crippen molar-refractivity contribution in [3.05, 3.63) is 43.0 Å². The second-order valence-corrected chi connectivity index (χ2v) is 9.13. The molecule has 0 atom stereocenters. The minimum absolute atomic E-state index is 0.0262. The highest BCUT2D eigenvalue weighted by atomic mass is 35.5. The van der Waals surface area contributed by atoms with Gasteiger partial charge in [-0.3, -0.25) is 14.5 Å². The van der Waals surface area contributed by atoms with Crippen LogP contribution in [0.2, 0.25) is 0 Å². The second kappa shape index (κ2) is 10.1. The molecule has 2 N–H and O–H groups in total. The summed E-state index contributed by atoms with van der Waals surface area (Å²) in [7, 11) is 3.62. The number of halogens is 1. The number of ether oxygens (including phenoxy) is 1. The molecule has 0 saturated heterocycles. The topological polar surface area (TPSA) is 123 Å². The van der Waals surface area contributed by atoms with Gasteiger partial charge in [0.1, 0.15) is 12.8 Å². The van der Waals surface area contributed by atoms with Crippen LogP contribution in [-0.4, -0.2) is 70.3 Å². The van der Waals surface area contributed by atoms with Crippen LogP contribution >= 0.6 is 11.6 Å². The van der Waals surface area contributed by atoms with Gasteiger partial charge in [0, 0.05) is 69.4 Å². The molecule has 36 heavy (non-hydrogen) atoms. The number of aromatic nitrogens is 6. The smallest absolute Gasteiger partial charge is 0.232 e. The zero-order valence-electron chi connectivity index (χ0n) is 20.0. The summed E-state index contributed by atoms with van der Waals surface area (Å²) in [4.78, 5) is 27.8. The van der Waals surface area contributed by atoms with Crippen molar-refractivity contribution in [1.29, 1.82) is 0 Å². The average Bonchev–Trinajstić information content (AvgIpc) is 3.44. The van der Waals surface area contributed by atoms with Crippen LogP contribution in [0.15, 0.2) is 43.0 Å². The Morgan fingerprint density at radius 3 is 2.81 bits per heavy atom. The summed E-state index contributed by atoms with van der Waals surface area (Å²) in [5.74, 6) is 1.03. The lowest BCUT2D eigenvalue weighted by Gasteiger charge is -2.40. The highest BCUT2D eigenvalue weighted by Gasteiger charge is 2.36. The number of nitrogens with one attached hydrogen (secondary N) is 1. The van der Waals surface area contributed by atoms with Crippen molar-refractivity contribution >= 4 is 40.2 Å². The Morgan fingerprint density at radius 1 is 1.31 bits per heavy atom. The van der Waals surface area contributed by atoms with E-state index in [0.29, 0.717) is 53.7 Å². The van der Waals surface area contributed by atoms with E-state index < -0.39 is 0 Å². The molecule has 188 valence electrons. The molecule has 0 unspecified atom stereocenters. The molecule has 0 aliphatic heterocycles. The van der Waals surface area contributed by atoms with Crippen molar-refractivity contribution in [1.82, 2.24) is 34.2 Å². The van der Waals surface area contributed by atoms with Crippen LogP contribution in [0.25, 0.3) is 22.3 Å². The van der Waals surface area contributed by atoms with Gasteiger partial charge >= 0.3 is 0 Å². The third-order valence-electron chi connectivity index (χ3n) is 6.33. The fraction of sp³-hybridized carbons (Fsp3) is 0.375. The molecule has 1 amide bonds. The Labute approximate surface area is 212 Å². The number of anilines is 2. The zero-order chi connectivity index (χ0) is 25.2. The maximum absolute atomic E-state index is 12.2. The van der Waals surface area contributed by atoms with Crippen molar-refractivity contribution in [3.63, 3.8) is 0 Å². The van der Waals surface area contributed by atoms with Gasteiger partial charge in [0.15, 0.2) is 5.65 Å². The van der Waals surface area contributed by atoms with Crippen molar-refractivity contribution in [2.75, 3.05) is 18.2 Å². The molecule has 5 rings (SSSR count). The number of nitrogens with zero attached hydrogens (tertiary/aromatic N) is 7. The van der Waals surface area contributed by atoms with E-state index in [4.69, 9.17) is 21.3 Å². The summed E-state index contributed by atoms with van der Waals surface area (Å²) in [6.45, 7) is -0.273. The minimum Gasteiger partial charge on any atom is -0.474 e. The lowest BCUT2D eigenvalue weighted by molar-refractivity contribution is -0.134. The first-order valence-electron chi connectivity index (χ1n) is 11.6. The SMILES string of the molecule is CN(C(=O)CCCl)C1CC(Oc2nc(Nc3cnn(C)c3)nc3c2c(-c2ccccn2)cn3CO)C1. The lowest BCUT2D eigenvalue weighted by Crippen LogP contribution is -2.50. The van der Waals surface area contributed by atoms with Gasteiger partial charge in [-0.15, -0.1) is 11.6 Å². The molecule has 1 aliphatic carbocycles. The van der Waals surface area contributed by atoms with Gasteiger partial charge in [0.25, 0.3) is 0 Å². The number of carbonyl (C=O) groups excluding carboxylic acids is 1. The molecule has 11 nitrogen and oxygen atoms in total. The van der Waals surface area contributed by atoms with Gasteiger partial charge in [-0.25, -0.2) is 0 Å². The molecule has 0 bridgehead atoms. The molecule has 0 radical (unpaired) electrons. The Kier molecular flexibility index (Phi) is 6.75. The Balaban J connectivity index is 1.50. The van der Waals surface area contributed by atoms with E-state index in [0.717, 1.165) is 11.3 Å². The summed E-state index contributed by atoms with van der Waals surface area (Å²) in [6, 6.07) is 5.72. The quantitative estimate of drug-likeness (QED) is 0.329. The Morgan fingerprint density at radius 2 is 2.14 bits per heavy atom. The summed E-state index contributed by atoms with van der Waals surface area (Å²) in [5.41, 5.74) is 2.71. The van der Waals surface area contributed by atoms with E-state index in [2.05, 4.69) is 20.4 Å². The van der Waals surface area contributed by atoms with Gasteiger partial charge in [-0.1, -0.05) is 6.07 Å². The lowest BCUT2D eigenvalue weighted by atomic mass is 9.88. The molecular weight excluding hydrogens is 484 g/mol. The van der Waals surface area contributed by atoms with Crippen LogP contribution in [0.3, 0.4) is 0 Å². The molecule has 1 fully saturated rings. The summed E-state index contributed by atoms with van der Waals surface area (Å²) in [5, 5.41) is 18.1. The third kappa shape index (κ3) is 4.71. The largest absolute Gasteiger partial charge is 0.474 e. The predicted molar refractivity (Wildman–Crippen MR) is 135 cm³/mol. The number of hydrogen-bond donors (Lipinski definition) is 2. The van der Waals surface area contributed by atoms with E-state index >= 15 is 0 Å². The summed E-state index contributed by atoms with van der Waals surface area (Å²) < 4.78 is 9.69. The van der Waals surface area contributed by atoms with Crippen LogP contribution in [0.1, 0.15) is 19.3 Å². The minimum atomic E-state index is -0.273. The number of aryl methyl sites for hydroxylation is 1. The normalized spacial score (nSPS) is 17.1. The number of alkyl halides is 1. The number of carbonyl (C=O) groups is 1. The molecular formula is C24H27ClN8O3. The van der Waals surface area contributed by atoms with Gasteiger partial charge < -0.3 is 24.6 Å². The average molecular weight is 511 g/mol. The van der Waals surface area contributed by atoms with Crippen LogP contribution in [-0.2, 0) is 18.6 Å². The Bertz CT molecular complexity index is 1370. The number of rotatable bonds is 9. The molecule has 0 spiro atoms. The van der Waals surface area contributed by atoms with Gasteiger partial charge in [0.05, 0.1) is 23.0 Å². The van der Waals surface area contributed by atoms with Crippen molar-refractivity contribution in [3.8, 4) is 17.1 Å². The van der Waals surface area contributed by atoms with Gasteiger partial charge in [-0.2, -0.15) is 15.1 Å². The van der Waals surface area contributed by atoms with Crippen LogP contribution in [0.5, 0.6) is 5.88 Å². The number of amides is 1. The van der Waals surface area contributed by atoms with Crippen molar-refractivity contribution in [2.45, 2.75) is 38.1 Å². The fourth-order valence-electron chi connectivity index (χ4n) is 4.30. The molecule has 0 aromatic carbocycles. The van der Waals surface area contributed by atoms with Crippen LogP contribution in [0.4, 0.5) is 11.6 Å². The molecule has 4 heterocycles. The molecule has 1 aliphatic rings. The van der Waals surface area contributed by atoms with Crippen molar-refractivity contribution in [2.24, 2.45) is 7.05 Å². The Hall–Kier alpha value is -3.70. The maximum Gasteiger partial charge on any atom is 0.232 e. The zero-order valence-corrected chi connectivity index (χ0v) is 20.8. The standard InChI is InChI=1S/C24H27ClN8O3/c1-31-12-15(11-27-31)28-24-29-22-21(18(13-33(22)14-34)19-5-3-4-8-26-19)23(30-24)36-17-9-16(10-17)32(2)20(35)6-7-25/h3-5,8,11-13,16-17,34H,6-7,9-10,14H2,1-2H3,(H,28,29,30). The molecule has 1 saturated carbocycles. The van der Waals surface area contributed by atoms with E-state index in [1.807, 2.05) is 31.4 Å². The summed E-state index contributed by atoms with van der Waals surface area (Å²) in [6.07, 6.45) is 8.54. The van der Waals surface area contributed by atoms with E-state index in [1.54, 1.807) is 39.8 Å². The first-order chi connectivity index (χ1) is 17.5. The van der Waals surface area contributed by atoms with Crippen LogP contribution in [0, 0.1) is 0 Å². The van der Waals surface area contributed by atoms with Gasteiger partial charge in [-0.05, 0) is 12.1 Å². The fourth-order valence-corrected chi connectivity index (χ4v) is 4.46. The number of fused-ring (bicyclic) bond motifs is 1. The molecule has 4 aromatic rings. The predicted octanol–water partition coefficient (Wildman–Crippen LogP) is 2.92. The highest BCUT2D eigenvalue weighted by Crippen LogP contribution is 2.38. The molecule has 4 aromatic heterocycles. The van der Waals surface area contributed by atoms with Crippen molar-refractivity contribution < 1.29 is 14.6 Å². The monoisotopic (exact) mass is 510 g/mol. The van der Waals surface area contributed by atoms with E-state index in [1.165, 1.54) is 0 Å². The number of hydrogen-bond acceptors (Lipinski definition) is 8. The highest BCUT2D eigenvalue weighted by molar-refractivity contribution is 6.18. The van der Waals surface area contributed by atoms with E-state index in [-0.39, 0.29) is 24.8 Å². The van der Waals surface area contributed by atoms with Crippen LogP contribution < -0.4 is 10.1 Å². The third-order valence-corrected chi connectivity index (χ3v) is 6.52. The summed E-state index contributed by atoms with van der Waals surface area (Å²) >= 11 is 5.73. The number of aliphatic hydroxyl groups is 1. The number of pyridine rings is 1. The maximum atomic E-state index is 12.2. The first kappa shape index (κ1) is 24.0. The van der Waals surface area contributed by atoms with E-state index in [9.17, 15) is 9.90 Å².